The number of thiophene rings is 1. The van der Waals surface area contributed by atoms with Gasteiger partial charge in [0.25, 0.3) is 0 Å². The van der Waals surface area contributed by atoms with Crippen LogP contribution in [0.5, 0.6) is 0 Å². The number of aromatic nitrogens is 1. The van der Waals surface area contributed by atoms with Crippen LogP contribution in [0, 0.1) is 0 Å². The van der Waals surface area contributed by atoms with Gasteiger partial charge >= 0.3 is 0 Å². The van der Waals surface area contributed by atoms with E-state index >= 15 is 0 Å². The number of anilines is 1. The van der Waals surface area contributed by atoms with Crippen LogP contribution in [0.4, 0.5) is 5.69 Å². The van der Waals surface area contributed by atoms with Crippen LogP contribution in [0.3, 0.4) is 0 Å². The van der Waals surface area contributed by atoms with Gasteiger partial charge in [0.1, 0.15) is 9.46 Å². The van der Waals surface area contributed by atoms with Gasteiger partial charge < -0.3 is 5.32 Å². The van der Waals surface area contributed by atoms with E-state index in [1.165, 1.54) is 36.7 Å². The fourth-order valence-corrected chi connectivity index (χ4v) is 7.41. The van der Waals surface area contributed by atoms with Crippen LogP contribution in [-0.4, -0.2) is 34.3 Å². The second-order valence-corrected chi connectivity index (χ2v) is 12.1. The first kappa shape index (κ1) is 21.6. The topological polar surface area (TPSA) is 122 Å². The Morgan fingerprint density at radius 1 is 1.16 bits per heavy atom. The number of amides is 1. The van der Waals surface area contributed by atoms with Crippen LogP contribution in [0.15, 0.2) is 69.3 Å². The van der Waals surface area contributed by atoms with Crippen molar-refractivity contribution in [3.05, 3.63) is 71.4 Å². The molecule has 0 saturated heterocycles. The molecule has 0 saturated carbocycles. The van der Waals surface area contributed by atoms with E-state index in [1.807, 2.05) is 0 Å². The number of sulfonamides is 1. The van der Waals surface area contributed by atoms with E-state index in [1.54, 1.807) is 30.5 Å². The maximum Gasteiger partial charge on any atom is 0.240 e. The Kier molecular flexibility index (Phi) is 5.69. The molecule has 3 aromatic rings. The summed E-state index contributed by atoms with van der Waals surface area (Å²) in [7, 11) is -7.87. The highest BCUT2D eigenvalue weighted by Crippen LogP contribution is 2.34. The van der Waals surface area contributed by atoms with Crippen molar-refractivity contribution < 1.29 is 21.6 Å². The summed E-state index contributed by atoms with van der Waals surface area (Å²) in [6, 6.07) is 10.7. The summed E-state index contributed by atoms with van der Waals surface area (Å²) < 4.78 is 54.8. The molecule has 4 rings (SSSR count). The van der Waals surface area contributed by atoms with Crippen LogP contribution < -0.4 is 10.0 Å². The lowest BCUT2D eigenvalue weighted by Crippen LogP contribution is -2.32. The molecule has 2 N–H and O–H groups in total. The number of pyridine rings is 1. The minimum Gasteiger partial charge on any atom is -0.325 e. The molecule has 2 atom stereocenters. The van der Waals surface area contributed by atoms with Crippen LogP contribution >= 0.6 is 11.3 Å². The number of nitrogens with one attached hydrogen (secondary N) is 2. The largest absolute Gasteiger partial charge is 0.325 e. The van der Waals surface area contributed by atoms with Gasteiger partial charge in [0.15, 0.2) is 9.84 Å². The van der Waals surface area contributed by atoms with Crippen molar-refractivity contribution in [2.75, 3.05) is 11.9 Å². The molecule has 0 radical (unpaired) electrons. The van der Waals surface area contributed by atoms with Gasteiger partial charge in [-0.05, 0) is 53.8 Å². The van der Waals surface area contributed by atoms with Crippen molar-refractivity contribution in [3.63, 3.8) is 0 Å². The lowest BCUT2D eigenvalue weighted by atomic mass is 10.0. The Hall–Kier alpha value is -2.60. The number of hydrogen-bond donors (Lipinski definition) is 2. The third kappa shape index (κ3) is 4.13. The minimum absolute atomic E-state index is 0.0342. The Morgan fingerprint density at radius 2 is 1.97 bits per heavy atom. The zero-order valence-electron chi connectivity index (χ0n) is 16.3. The number of sulfone groups is 1. The molecular formula is C20H19N3O5S3. The molecule has 0 fully saturated rings. The van der Waals surface area contributed by atoms with Crippen LogP contribution in [0.2, 0.25) is 0 Å². The fraction of sp³-hybridized carbons (Fsp3) is 0.200. The van der Waals surface area contributed by atoms with E-state index in [-0.39, 0.29) is 21.6 Å². The highest BCUT2D eigenvalue weighted by molar-refractivity contribution is 7.93. The maximum atomic E-state index is 13.2. The fourth-order valence-electron chi connectivity index (χ4n) is 3.37. The number of fused-ring (bicyclic) bond motifs is 1. The van der Waals surface area contributed by atoms with Crippen LogP contribution in [0.25, 0.3) is 0 Å². The molecule has 0 aliphatic carbocycles. The van der Waals surface area contributed by atoms with Crippen molar-refractivity contribution in [2.45, 2.75) is 27.2 Å². The van der Waals surface area contributed by atoms with Gasteiger partial charge in [-0.1, -0.05) is 12.1 Å². The summed E-state index contributed by atoms with van der Waals surface area (Å²) in [5.74, 6) is -0.663. The van der Waals surface area contributed by atoms with Gasteiger partial charge in [0.05, 0.1) is 10.8 Å². The number of carbonyl (C=O) groups is 1. The summed E-state index contributed by atoms with van der Waals surface area (Å²) >= 11 is 1.07. The molecular weight excluding hydrogens is 458 g/mol. The van der Waals surface area contributed by atoms with E-state index in [2.05, 4.69) is 15.0 Å². The van der Waals surface area contributed by atoms with Crippen molar-refractivity contribution in [1.29, 1.82) is 0 Å². The van der Waals surface area contributed by atoms with Crippen molar-refractivity contribution in [3.8, 4) is 0 Å². The van der Waals surface area contributed by atoms with Gasteiger partial charge in [0.2, 0.25) is 15.9 Å². The Bertz CT molecular complexity index is 1320. The van der Waals surface area contributed by atoms with Gasteiger partial charge in [-0.25, -0.2) is 21.6 Å². The molecule has 1 aliphatic heterocycles. The number of carbonyl (C=O) groups excluding carboxylic acids is 1. The molecule has 2 unspecified atom stereocenters. The summed E-state index contributed by atoms with van der Waals surface area (Å²) in [6.45, 7) is 1.33. The molecule has 8 nitrogen and oxygen atoms in total. The lowest BCUT2D eigenvalue weighted by molar-refractivity contribution is -0.116. The average Bonchev–Trinajstić information content (AvgIpc) is 3.38. The van der Waals surface area contributed by atoms with E-state index in [0.717, 1.165) is 11.3 Å². The Morgan fingerprint density at radius 3 is 2.65 bits per heavy atom. The van der Waals surface area contributed by atoms with Gasteiger partial charge in [0, 0.05) is 24.6 Å². The second kappa shape index (κ2) is 8.15. The van der Waals surface area contributed by atoms with Gasteiger partial charge in [-0.3, -0.25) is 9.78 Å². The van der Waals surface area contributed by atoms with E-state index in [4.69, 9.17) is 0 Å². The molecule has 1 aromatic carbocycles. The van der Waals surface area contributed by atoms with Crippen molar-refractivity contribution in [2.24, 2.45) is 0 Å². The third-order valence-electron chi connectivity index (χ3n) is 5.12. The predicted molar refractivity (Wildman–Crippen MR) is 117 cm³/mol. The number of rotatable bonds is 7. The summed E-state index contributed by atoms with van der Waals surface area (Å²) in [5.41, 5.74) is 1.55. The zero-order chi connectivity index (χ0) is 22.2. The first-order valence-electron chi connectivity index (χ1n) is 9.32. The van der Waals surface area contributed by atoms with Crippen LogP contribution in [-0.2, 0) is 24.7 Å². The first-order chi connectivity index (χ1) is 14.7. The van der Waals surface area contributed by atoms with Crippen molar-refractivity contribution >= 4 is 42.8 Å². The monoisotopic (exact) mass is 477 g/mol. The summed E-state index contributed by atoms with van der Waals surface area (Å²) in [4.78, 5) is 15.8. The number of benzene rings is 1. The van der Waals surface area contributed by atoms with E-state index in [0.29, 0.717) is 16.8 Å². The second-order valence-electron chi connectivity index (χ2n) is 7.06. The van der Waals surface area contributed by atoms with Crippen LogP contribution in [0.1, 0.15) is 29.2 Å². The van der Waals surface area contributed by atoms with E-state index < -0.39 is 31.0 Å². The maximum absolute atomic E-state index is 13.2. The first-order valence-corrected chi connectivity index (χ1v) is 13.2. The Balaban J connectivity index is 1.64. The summed E-state index contributed by atoms with van der Waals surface area (Å²) in [5, 5.41) is 3.20. The molecule has 1 amide bonds. The highest BCUT2D eigenvalue weighted by atomic mass is 32.2. The Labute approximate surface area is 184 Å². The third-order valence-corrected chi connectivity index (χ3v) is 10.1. The highest BCUT2D eigenvalue weighted by Gasteiger charge is 2.33. The molecule has 3 heterocycles. The smallest absolute Gasteiger partial charge is 0.240 e. The molecule has 0 spiro atoms. The standard InChI is InChI=1S/C20H19N3O5S3/c1-13-16-10-15(6-7-17(16)23-20(13)24)31(27,28)22-12-18(14-4-2-8-21-11-14)30(25,26)19-5-3-9-29-19/h2-11,13,18,22H,12H2,1H3,(H,23,24). The van der Waals surface area contributed by atoms with E-state index in [9.17, 15) is 21.6 Å². The molecule has 2 aromatic heterocycles. The lowest BCUT2D eigenvalue weighted by Gasteiger charge is -2.18. The minimum atomic E-state index is -4.03. The molecule has 11 heteroatoms. The van der Waals surface area contributed by atoms with Crippen molar-refractivity contribution in [1.82, 2.24) is 9.71 Å². The summed E-state index contributed by atoms with van der Waals surface area (Å²) in [6.07, 6.45) is 2.93. The van der Waals surface area contributed by atoms with Gasteiger partial charge in [-0.15, -0.1) is 11.3 Å². The zero-order valence-corrected chi connectivity index (χ0v) is 18.8. The quantitative estimate of drug-likeness (QED) is 0.539. The molecule has 0 bridgehead atoms. The predicted octanol–water partition coefficient (Wildman–Crippen LogP) is 2.69. The molecule has 162 valence electrons. The average molecular weight is 478 g/mol. The SMILES string of the molecule is CC1C(=O)Nc2ccc(S(=O)(=O)NCC(c3cccnc3)S(=O)(=O)c3cccs3)cc21. The molecule has 1 aliphatic rings. The normalized spacial score (nSPS) is 17.2. The number of nitrogens with zero attached hydrogens (tertiary/aromatic N) is 1. The molecule has 31 heavy (non-hydrogen) atoms. The number of hydrogen-bond acceptors (Lipinski definition) is 7. The van der Waals surface area contributed by atoms with Gasteiger partial charge in [-0.2, -0.15) is 0 Å².